The lowest BCUT2D eigenvalue weighted by molar-refractivity contribution is 0.603. The van der Waals surface area contributed by atoms with Crippen molar-refractivity contribution < 1.29 is 9.59 Å². The van der Waals surface area contributed by atoms with Crippen LogP contribution in [0.3, 0.4) is 0 Å². The summed E-state index contributed by atoms with van der Waals surface area (Å²) in [5, 5.41) is 1.94. The molecule has 2 nitrogen and oxygen atoms in total. The Bertz CT molecular complexity index is 791. The standard InChI is InChI=1S/C18H16O2Si2/c19-21(15-7-3-1-4-8-15)17-11-13-18(14-12-17)22(20)16-9-5-2-6-10-16/h1-14,19-20H. The summed E-state index contributed by atoms with van der Waals surface area (Å²) in [5.74, 6) is 0. The summed E-state index contributed by atoms with van der Waals surface area (Å²) in [7, 11) is -3.44. The summed E-state index contributed by atoms with van der Waals surface area (Å²) < 4.78 is 0. The van der Waals surface area contributed by atoms with E-state index in [0.29, 0.717) is 0 Å². The topological polar surface area (TPSA) is 40.5 Å². The minimum absolute atomic E-state index is 0.933. The maximum atomic E-state index is 10.5. The molecule has 0 fully saturated rings. The Kier molecular flexibility index (Phi) is 4.41. The minimum atomic E-state index is -1.72. The van der Waals surface area contributed by atoms with E-state index in [1.807, 2.05) is 84.9 Å². The van der Waals surface area contributed by atoms with Gasteiger partial charge in [-0.05, 0) is 20.0 Å². The van der Waals surface area contributed by atoms with Gasteiger partial charge in [-0.25, -0.2) is 0 Å². The van der Waals surface area contributed by atoms with Crippen molar-refractivity contribution in [3.8, 4) is 0 Å². The van der Waals surface area contributed by atoms with Crippen LogP contribution in [0.15, 0.2) is 84.9 Å². The number of rotatable bonds is 2. The predicted molar refractivity (Wildman–Crippen MR) is 92.2 cm³/mol. The van der Waals surface area contributed by atoms with Gasteiger partial charge in [-0.2, -0.15) is 0 Å². The third kappa shape index (κ3) is 3.13. The molecule has 0 amide bonds. The fraction of sp³-hybridized carbons (Fsp3) is 0. The Labute approximate surface area is 132 Å². The smallest absolute Gasteiger partial charge is 0.274 e. The summed E-state index contributed by atoms with van der Waals surface area (Å²) >= 11 is 0. The molecule has 2 N–H and O–H groups in total. The first kappa shape index (κ1) is 14.6. The van der Waals surface area contributed by atoms with Crippen molar-refractivity contribution >= 4 is 27.7 Å². The molecule has 0 radical (unpaired) electrons. The second-order valence-electron chi connectivity index (χ2n) is 5.01. The first-order chi connectivity index (χ1) is 10.8. The number of hydrogen-bond donors (Lipinski definition) is 2. The van der Waals surface area contributed by atoms with Crippen molar-refractivity contribution in [1.29, 1.82) is 0 Å². The Morgan fingerprint density at radius 2 is 0.773 bits per heavy atom. The summed E-state index contributed by atoms with van der Waals surface area (Å²) in [4.78, 5) is 22.8. The lowest BCUT2D eigenvalue weighted by Gasteiger charge is -2.00. The maximum Gasteiger partial charge on any atom is 0.274 e. The van der Waals surface area contributed by atoms with E-state index in [9.17, 15) is 9.59 Å². The van der Waals surface area contributed by atoms with Crippen LogP contribution in [-0.2, 0) is 0 Å². The van der Waals surface area contributed by atoms with Crippen LogP contribution in [0.4, 0.5) is 0 Å². The maximum absolute atomic E-state index is 10.5. The van der Waals surface area contributed by atoms with E-state index in [0.717, 1.165) is 20.0 Å². The van der Waals surface area contributed by atoms with E-state index in [2.05, 4.69) is 0 Å². The van der Waals surface area contributed by atoms with Gasteiger partial charge >= 0.3 is 0 Å². The lowest BCUT2D eigenvalue weighted by Crippen LogP contribution is -2.22. The average molecular weight is 320 g/mol. The van der Waals surface area contributed by atoms with E-state index in [4.69, 9.17) is 0 Å². The zero-order chi connectivity index (χ0) is 15.4. The van der Waals surface area contributed by atoms with Crippen molar-refractivity contribution in [1.82, 2.24) is 0 Å². The van der Waals surface area contributed by atoms with Crippen LogP contribution in [0.1, 0.15) is 0 Å². The van der Waals surface area contributed by atoms with E-state index in [1.54, 1.807) is 0 Å². The predicted octanol–water partition coefficient (Wildman–Crippen LogP) is 1.13. The molecule has 0 aliphatic heterocycles. The molecule has 0 aliphatic rings. The molecule has 3 aromatic carbocycles. The number of hydrogen-bond acceptors (Lipinski definition) is 2. The van der Waals surface area contributed by atoms with Crippen LogP contribution >= 0.6 is 0 Å². The molecule has 0 saturated carbocycles. The van der Waals surface area contributed by atoms with E-state index < -0.39 is 17.3 Å². The zero-order valence-corrected chi connectivity index (χ0v) is 14.0. The largest absolute Gasteiger partial charge is 0.562 e. The third-order valence-corrected chi connectivity index (χ3v) is 7.05. The quantitative estimate of drug-likeness (QED) is 0.695. The molecule has 22 heavy (non-hydrogen) atoms. The van der Waals surface area contributed by atoms with Crippen LogP contribution in [-0.4, -0.2) is 26.9 Å². The molecule has 0 heterocycles. The molecule has 0 aromatic heterocycles. The van der Waals surface area contributed by atoms with Gasteiger partial charge in [-0.15, -0.1) is 0 Å². The molecule has 0 atom stereocenters. The fourth-order valence-electron chi connectivity index (χ4n) is 2.31. The molecule has 0 saturated heterocycles. The molecule has 0 bridgehead atoms. The highest BCUT2D eigenvalue weighted by molar-refractivity contribution is 6.59. The summed E-state index contributed by atoms with van der Waals surface area (Å²) in [6.07, 6.45) is 0. The Balaban J connectivity index is 2.07. The van der Waals surface area contributed by atoms with Crippen LogP contribution in [0.5, 0.6) is 0 Å². The van der Waals surface area contributed by atoms with Crippen molar-refractivity contribution in [2.45, 2.75) is 0 Å². The van der Waals surface area contributed by atoms with Crippen LogP contribution in [0.25, 0.3) is 0 Å². The average Bonchev–Trinajstić information content (AvgIpc) is 2.62. The summed E-state index contributed by atoms with van der Waals surface area (Å²) in [6.45, 7) is 0. The molecule has 3 aromatic rings. The molecule has 0 spiro atoms. The fourth-order valence-corrected chi connectivity index (χ4v) is 4.96. The van der Waals surface area contributed by atoms with Gasteiger partial charge in [0, 0.05) is 0 Å². The van der Waals surface area contributed by atoms with Gasteiger partial charge in [-0.1, -0.05) is 84.9 Å². The van der Waals surface area contributed by atoms with Gasteiger partial charge in [0.15, 0.2) is 0 Å². The van der Waals surface area contributed by atoms with Crippen molar-refractivity contribution in [2.75, 3.05) is 0 Å². The SMILES string of the molecule is O[Si](c1ccccc1)=c1ccc(=[Si](O)c2ccccc2)cc1. The van der Waals surface area contributed by atoms with Crippen molar-refractivity contribution in [3.05, 3.63) is 94.6 Å². The highest BCUT2D eigenvalue weighted by atomic mass is 28.3. The van der Waals surface area contributed by atoms with E-state index in [1.165, 1.54) is 0 Å². The number of benzene rings is 3. The molecular formula is C18H16O2Si2. The van der Waals surface area contributed by atoms with Gasteiger partial charge < -0.3 is 9.59 Å². The zero-order valence-electron chi connectivity index (χ0n) is 12.0. The Hall–Kier alpha value is -2.31. The van der Waals surface area contributed by atoms with Crippen molar-refractivity contribution in [3.63, 3.8) is 0 Å². The first-order valence-electron chi connectivity index (χ1n) is 7.09. The first-order valence-corrected chi connectivity index (χ1v) is 9.98. The molecule has 108 valence electrons. The van der Waals surface area contributed by atoms with Gasteiger partial charge in [0.25, 0.3) is 17.3 Å². The molecular weight excluding hydrogens is 304 g/mol. The molecule has 0 unspecified atom stereocenters. The van der Waals surface area contributed by atoms with Gasteiger partial charge in [0.1, 0.15) is 0 Å². The second kappa shape index (κ2) is 6.64. The van der Waals surface area contributed by atoms with Crippen LogP contribution in [0.2, 0.25) is 0 Å². The highest BCUT2D eigenvalue weighted by Gasteiger charge is 2.03. The van der Waals surface area contributed by atoms with Crippen LogP contribution in [0, 0.1) is 9.63 Å². The monoisotopic (exact) mass is 320 g/mol. The van der Waals surface area contributed by atoms with Gasteiger partial charge in [0.05, 0.1) is 0 Å². The summed E-state index contributed by atoms with van der Waals surface area (Å²) in [5.41, 5.74) is 0. The molecule has 3 rings (SSSR count). The third-order valence-electron chi connectivity index (χ3n) is 3.53. The van der Waals surface area contributed by atoms with Gasteiger partial charge in [-0.3, -0.25) is 0 Å². The Morgan fingerprint density at radius 3 is 1.09 bits per heavy atom. The van der Waals surface area contributed by atoms with Crippen LogP contribution < -0.4 is 10.4 Å². The minimum Gasteiger partial charge on any atom is -0.562 e. The summed E-state index contributed by atoms with van der Waals surface area (Å²) in [6, 6.07) is 27.2. The normalized spacial score (nSPS) is 10.2. The molecule has 0 aliphatic carbocycles. The van der Waals surface area contributed by atoms with Gasteiger partial charge in [0.2, 0.25) is 0 Å². The van der Waals surface area contributed by atoms with E-state index in [-0.39, 0.29) is 0 Å². The highest BCUT2D eigenvalue weighted by Crippen LogP contribution is 1.95. The second-order valence-corrected chi connectivity index (χ2v) is 8.71. The lowest BCUT2D eigenvalue weighted by atomic mass is 10.4. The Morgan fingerprint density at radius 1 is 0.455 bits per heavy atom. The van der Waals surface area contributed by atoms with Crippen molar-refractivity contribution in [2.24, 2.45) is 0 Å². The molecule has 4 heteroatoms. The van der Waals surface area contributed by atoms with E-state index >= 15 is 0 Å².